The molecular weight excluding hydrogens is 497 g/mol. The molecule has 26 heavy (non-hydrogen) atoms. The van der Waals surface area contributed by atoms with Gasteiger partial charge in [0.05, 0.1) is 0 Å². The Morgan fingerprint density at radius 2 is 1.19 bits per heavy atom. The molecule has 0 aromatic rings. The Kier molecular flexibility index (Phi) is 18.8. The van der Waals surface area contributed by atoms with Crippen molar-refractivity contribution in [3.8, 4) is 0 Å². The van der Waals surface area contributed by atoms with E-state index in [0.717, 1.165) is 36.8 Å². The molecule has 0 spiro atoms. The molecule has 0 saturated carbocycles. The first-order valence-corrected chi connectivity index (χ1v) is 11.5. The second-order valence-corrected chi connectivity index (χ2v) is 9.39. The summed E-state index contributed by atoms with van der Waals surface area (Å²) in [5.41, 5.74) is 3.36. The van der Waals surface area contributed by atoms with E-state index in [9.17, 15) is 0 Å². The van der Waals surface area contributed by atoms with Gasteiger partial charge in [0.15, 0.2) is 0 Å². The van der Waals surface area contributed by atoms with E-state index in [-0.39, 0.29) is 10.8 Å². The first-order chi connectivity index (χ1) is 12.0. The molecule has 2 atom stereocenters. The van der Waals surface area contributed by atoms with Gasteiger partial charge in [-0.3, -0.25) is 0 Å². The predicted octanol–water partition coefficient (Wildman–Crippen LogP) is 9.97. The van der Waals surface area contributed by atoms with Crippen molar-refractivity contribution in [2.45, 2.75) is 64.1 Å². The summed E-state index contributed by atoms with van der Waals surface area (Å²) in [5, 5.41) is 1.47. The Bertz CT molecular complexity index is 437. The molecule has 0 aliphatic heterocycles. The second-order valence-electron chi connectivity index (χ2n) is 6.68. The topological polar surface area (TPSA) is 0 Å². The van der Waals surface area contributed by atoms with Gasteiger partial charge >= 0.3 is 0 Å². The highest BCUT2D eigenvalue weighted by Crippen LogP contribution is 2.25. The molecule has 0 amide bonds. The summed E-state index contributed by atoms with van der Waals surface area (Å²) in [5.74, 6) is 0.976. The van der Waals surface area contributed by atoms with Gasteiger partial charge in [0.2, 0.25) is 0 Å². The first-order valence-electron chi connectivity index (χ1n) is 8.53. The molecule has 0 heterocycles. The van der Waals surface area contributed by atoms with E-state index in [4.69, 9.17) is 58.0 Å². The zero-order valence-corrected chi connectivity index (χ0v) is 21.3. The van der Waals surface area contributed by atoms with Crippen LogP contribution in [0.25, 0.3) is 0 Å². The van der Waals surface area contributed by atoms with Crippen LogP contribution in [0.5, 0.6) is 0 Å². The molecule has 0 rings (SSSR count). The lowest BCUT2D eigenvalue weighted by Gasteiger charge is -2.13. The van der Waals surface area contributed by atoms with Crippen LogP contribution in [0.4, 0.5) is 0 Å². The summed E-state index contributed by atoms with van der Waals surface area (Å²) in [6, 6.07) is 0. The van der Waals surface area contributed by atoms with Crippen molar-refractivity contribution >= 4 is 73.9 Å². The van der Waals surface area contributed by atoms with Crippen LogP contribution >= 0.6 is 73.9 Å². The van der Waals surface area contributed by atoms with Crippen LogP contribution in [-0.2, 0) is 0 Å². The van der Waals surface area contributed by atoms with E-state index in [1.807, 2.05) is 4.99 Å². The van der Waals surface area contributed by atoms with E-state index in [2.05, 4.69) is 56.8 Å². The van der Waals surface area contributed by atoms with Crippen LogP contribution in [0.1, 0.15) is 53.4 Å². The SMILES string of the molecule is C=C(Cl)/C(=C\Br)CCC(Cl)C(C)C.C=C(Cl)/C(=C\Cl)CCC(Cl)C(C)C. The van der Waals surface area contributed by atoms with Crippen LogP contribution in [0.2, 0.25) is 0 Å². The van der Waals surface area contributed by atoms with Crippen molar-refractivity contribution in [2.75, 3.05) is 0 Å². The van der Waals surface area contributed by atoms with E-state index in [1.165, 1.54) is 5.54 Å². The zero-order valence-electron chi connectivity index (χ0n) is 16.0. The molecule has 0 N–H and O–H groups in total. The average Bonchev–Trinajstić information content (AvgIpc) is 2.55. The fourth-order valence-electron chi connectivity index (χ4n) is 1.75. The summed E-state index contributed by atoms with van der Waals surface area (Å²) in [6.07, 6.45) is 3.48. The molecule has 6 heteroatoms. The van der Waals surface area contributed by atoms with Gasteiger partial charge in [-0.15, -0.1) is 23.2 Å². The highest BCUT2D eigenvalue weighted by Gasteiger charge is 2.11. The maximum atomic E-state index is 6.11. The lowest BCUT2D eigenvalue weighted by atomic mass is 10.0. The number of allylic oxidation sites excluding steroid dienone is 4. The lowest BCUT2D eigenvalue weighted by Crippen LogP contribution is -2.07. The summed E-state index contributed by atoms with van der Waals surface area (Å²) in [7, 11) is 0. The molecule has 2 unspecified atom stereocenters. The van der Waals surface area contributed by atoms with E-state index >= 15 is 0 Å². The standard InChI is InChI=1S/C10H15BrCl2.C10H15Cl3/c2*1-7(2)10(13)5-4-9(6-11)8(3)12/h2*6-7,10H,3-5H2,1-2H3/b2*9-6-. The summed E-state index contributed by atoms with van der Waals surface area (Å²) < 4.78 is 0. The third-order valence-electron chi connectivity index (χ3n) is 3.79. The van der Waals surface area contributed by atoms with Gasteiger partial charge in [-0.2, -0.15) is 0 Å². The zero-order chi connectivity index (χ0) is 20.9. The van der Waals surface area contributed by atoms with Crippen molar-refractivity contribution in [1.29, 1.82) is 0 Å². The molecular formula is C20H30BrCl5. The number of halogens is 6. The number of hydrogen-bond acceptors (Lipinski definition) is 0. The summed E-state index contributed by atoms with van der Waals surface area (Å²) in [4.78, 5) is 1.81. The minimum atomic E-state index is 0.169. The Hall–Kier alpha value is 0.890. The fourth-order valence-corrected chi connectivity index (χ4v) is 3.20. The third kappa shape index (κ3) is 14.9. The van der Waals surface area contributed by atoms with Crippen LogP contribution in [0.15, 0.2) is 44.9 Å². The minimum absolute atomic E-state index is 0.169. The van der Waals surface area contributed by atoms with Crippen molar-refractivity contribution in [1.82, 2.24) is 0 Å². The Morgan fingerprint density at radius 3 is 1.42 bits per heavy atom. The maximum absolute atomic E-state index is 6.11. The molecule has 0 aliphatic rings. The quantitative estimate of drug-likeness (QED) is 0.196. The van der Waals surface area contributed by atoms with Crippen LogP contribution in [0.3, 0.4) is 0 Å². The Balaban J connectivity index is 0. The van der Waals surface area contributed by atoms with Gasteiger partial charge in [-0.1, -0.05) is 91.6 Å². The molecule has 0 nitrogen and oxygen atoms in total. The van der Waals surface area contributed by atoms with Gasteiger partial charge in [-0.05, 0) is 53.7 Å². The third-order valence-corrected chi connectivity index (χ3v) is 6.53. The van der Waals surface area contributed by atoms with Gasteiger partial charge in [0.1, 0.15) is 0 Å². The largest absolute Gasteiger partial charge is 0.123 e. The van der Waals surface area contributed by atoms with Crippen LogP contribution in [0, 0.1) is 11.8 Å². The van der Waals surface area contributed by atoms with Gasteiger partial charge in [-0.25, -0.2) is 0 Å². The van der Waals surface area contributed by atoms with Gasteiger partial charge in [0.25, 0.3) is 0 Å². The molecule has 0 aromatic carbocycles. The van der Waals surface area contributed by atoms with Crippen molar-refractivity contribution in [3.63, 3.8) is 0 Å². The smallest absolute Gasteiger partial charge is 0.0374 e. The van der Waals surface area contributed by atoms with E-state index < -0.39 is 0 Å². The molecule has 0 aromatic heterocycles. The molecule has 152 valence electrons. The first kappa shape index (κ1) is 29.1. The maximum Gasteiger partial charge on any atom is 0.0374 e. The highest BCUT2D eigenvalue weighted by atomic mass is 79.9. The number of rotatable bonds is 10. The monoisotopic (exact) mass is 524 g/mol. The van der Waals surface area contributed by atoms with Crippen molar-refractivity contribution < 1.29 is 0 Å². The second kappa shape index (κ2) is 16.8. The average molecular weight is 528 g/mol. The fraction of sp³-hybridized carbons (Fsp3) is 0.600. The molecule has 0 fully saturated rings. The number of alkyl halides is 2. The van der Waals surface area contributed by atoms with Crippen molar-refractivity contribution in [3.05, 3.63) is 44.9 Å². The number of hydrogen-bond donors (Lipinski definition) is 0. The minimum Gasteiger partial charge on any atom is -0.123 e. The molecule has 0 saturated heterocycles. The van der Waals surface area contributed by atoms with Gasteiger partial charge in [0, 0.05) is 26.4 Å². The molecule has 0 radical (unpaired) electrons. The molecule has 0 aliphatic carbocycles. The van der Waals surface area contributed by atoms with E-state index in [0.29, 0.717) is 21.9 Å². The van der Waals surface area contributed by atoms with Crippen molar-refractivity contribution in [2.24, 2.45) is 11.8 Å². The van der Waals surface area contributed by atoms with Crippen LogP contribution < -0.4 is 0 Å². The van der Waals surface area contributed by atoms with E-state index in [1.54, 1.807) is 0 Å². The Labute approximate surface area is 193 Å². The highest BCUT2D eigenvalue weighted by molar-refractivity contribution is 9.11. The Morgan fingerprint density at radius 1 is 0.846 bits per heavy atom. The molecule has 0 bridgehead atoms. The summed E-state index contributed by atoms with van der Waals surface area (Å²) >= 11 is 32.5. The summed E-state index contributed by atoms with van der Waals surface area (Å²) in [6.45, 7) is 15.7. The normalized spacial score (nSPS) is 14.8. The van der Waals surface area contributed by atoms with Gasteiger partial charge < -0.3 is 0 Å². The predicted molar refractivity (Wildman–Crippen MR) is 128 cm³/mol. The van der Waals surface area contributed by atoms with Crippen LogP contribution in [-0.4, -0.2) is 10.8 Å². The lowest BCUT2D eigenvalue weighted by molar-refractivity contribution is 0.566.